The minimum atomic E-state index is -4.81. The second kappa shape index (κ2) is 6.34. The number of hydrogen-bond donors (Lipinski definition) is 1. The van der Waals surface area contributed by atoms with Gasteiger partial charge >= 0.3 is 6.18 Å². The Balaban J connectivity index is 2.00. The van der Waals surface area contributed by atoms with Crippen LogP contribution in [0, 0.1) is 6.92 Å². The van der Waals surface area contributed by atoms with Crippen molar-refractivity contribution in [2.24, 2.45) is 0 Å². The molecule has 0 aliphatic heterocycles. The maximum atomic E-state index is 13.5. The molecule has 3 rings (SSSR count). The van der Waals surface area contributed by atoms with Crippen molar-refractivity contribution in [1.29, 1.82) is 0 Å². The number of aryl methyl sites for hydroxylation is 1. The summed E-state index contributed by atoms with van der Waals surface area (Å²) in [5, 5.41) is 9.22. The zero-order valence-corrected chi connectivity index (χ0v) is 12.9. The molecular weight excluding hydrogens is 335 g/mol. The van der Waals surface area contributed by atoms with Crippen molar-refractivity contribution in [2.45, 2.75) is 13.1 Å². The molecule has 1 aromatic carbocycles. The average Bonchev–Trinajstić information content (AvgIpc) is 3.03. The Morgan fingerprint density at radius 1 is 1.12 bits per heavy atom. The van der Waals surface area contributed by atoms with E-state index in [4.69, 9.17) is 0 Å². The summed E-state index contributed by atoms with van der Waals surface area (Å²) in [5.41, 5.74) is -1.07. The summed E-state index contributed by atoms with van der Waals surface area (Å²) in [6.07, 6.45) is -3.33. The molecule has 3 aromatic rings. The first-order valence-corrected chi connectivity index (χ1v) is 7.18. The summed E-state index contributed by atoms with van der Waals surface area (Å²) in [7, 11) is 0. The molecule has 0 saturated heterocycles. The van der Waals surface area contributed by atoms with Gasteiger partial charge in [0.2, 0.25) is 0 Å². The summed E-state index contributed by atoms with van der Waals surface area (Å²) in [6, 6.07) is 10.8. The number of amides is 1. The first kappa shape index (κ1) is 16.6. The standard InChI is InChI=1S/C16H12F3N5O/c1-10-7-8-12(20-9-10)21-15(25)13-14(16(17,18)19)24(23-22-13)11-5-3-2-4-6-11/h2-9H,1H3,(H,20,21,25). The van der Waals surface area contributed by atoms with Gasteiger partial charge in [-0.05, 0) is 30.7 Å². The van der Waals surface area contributed by atoms with E-state index < -0.39 is 23.5 Å². The molecule has 9 heteroatoms. The zero-order chi connectivity index (χ0) is 18.0. The minimum Gasteiger partial charge on any atom is -0.305 e. The fourth-order valence-electron chi connectivity index (χ4n) is 2.16. The molecule has 0 radical (unpaired) electrons. The van der Waals surface area contributed by atoms with Crippen molar-refractivity contribution in [1.82, 2.24) is 20.0 Å². The number of nitrogens with one attached hydrogen (secondary N) is 1. The van der Waals surface area contributed by atoms with Crippen LogP contribution in [0.3, 0.4) is 0 Å². The lowest BCUT2D eigenvalue weighted by atomic mass is 10.2. The van der Waals surface area contributed by atoms with Crippen LogP contribution in [0.5, 0.6) is 0 Å². The topological polar surface area (TPSA) is 72.7 Å². The molecule has 0 unspecified atom stereocenters. The van der Waals surface area contributed by atoms with Gasteiger partial charge in [-0.1, -0.05) is 29.5 Å². The fourth-order valence-corrected chi connectivity index (χ4v) is 2.16. The number of aromatic nitrogens is 4. The maximum absolute atomic E-state index is 13.5. The minimum absolute atomic E-state index is 0.123. The van der Waals surface area contributed by atoms with Gasteiger partial charge in [-0.15, -0.1) is 5.10 Å². The van der Waals surface area contributed by atoms with E-state index in [0.717, 1.165) is 5.56 Å². The molecule has 0 atom stereocenters. The highest BCUT2D eigenvalue weighted by molar-refractivity contribution is 6.03. The highest BCUT2D eigenvalue weighted by atomic mass is 19.4. The van der Waals surface area contributed by atoms with Crippen LogP contribution in [-0.2, 0) is 6.18 Å². The first-order valence-electron chi connectivity index (χ1n) is 7.18. The van der Waals surface area contributed by atoms with Gasteiger partial charge in [-0.3, -0.25) is 4.79 Å². The van der Waals surface area contributed by atoms with Gasteiger partial charge in [0, 0.05) is 6.20 Å². The van der Waals surface area contributed by atoms with Crippen molar-refractivity contribution >= 4 is 11.7 Å². The van der Waals surface area contributed by atoms with E-state index in [1.807, 2.05) is 0 Å². The summed E-state index contributed by atoms with van der Waals surface area (Å²) < 4.78 is 41.0. The first-order chi connectivity index (χ1) is 11.9. The second-order valence-electron chi connectivity index (χ2n) is 5.21. The van der Waals surface area contributed by atoms with Crippen LogP contribution in [0.15, 0.2) is 48.7 Å². The predicted molar refractivity (Wildman–Crippen MR) is 83.3 cm³/mol. The number of para-hydroxylation sites is 1. The number of halogens is 3. The van der Waals surface area contributed by atoms with E-state index in [9.17, 15) is 18.0 Å². The highest BCUT2D eigenvalue weighted by Gasteiger charge is 2.42. The number of alkyl halides is 3. The Morgan fingerprint density at radius 3 is 2.44 bits per heavy atom. The van der Waals surface area contributed by atoms with Crippen LogP contribution in [0.25, 0.3) is 5.69 Å². The molecular formula is C16H12F3N5O. The molecule has 6 nitrogen and oxygen atoms in total. The summed E-state index contributed by atoms with van der Waals surface area (Å²) in [6.45, 7) is 1.80. The van der Waals surface area contributed by atoms with E-state index in [-0.39, 0.29) is 11.5 Å². The predicted octanol–water partition coefficient (Wildman–Crippen LogP) is 3.24. The molecule has 0 fully saturated rings. The average molecular weight is 347 g/mol. The SMILES string of the molecule is Cc1ccc(NC(=O)c2nnn(-c3ccccc3)c2C(F)(F)F)nc1. The Labute approximate surface area is 140 Å². The molecule has 0 aliphatic carbocycles. The number of rotatable bonds is 3. The highest BCUT2D eigenvalue weighted by Crippen LogP contribution is 2.32. The molecule has 0 bridgehead atoms. The molecule has 0 saturated carbocycles. The van der Waals surface area contributed by atoms with Crippen molar-refractivity contribution in [3.63, 3.8) is 0 Å². The van der Waals surface area contributed by atoms with Gasteiger partial charge in [0.1, 0.15) is 5.82 Å². The second-order valence-corrected chi connectivity index (χ2v) is 5.21. The molecule has 0 aliphatic rings. The van der Waals surface area contributed by atoms with Crippen LogP contribution in [0.2, 0.25) is 0 Å². The lowest BCUT2D eigenvalue weighted by Crippen LogP contribution is -2.21. The van der Waals surface area contributed by atoms with Crippen molar-refractivity contribution in [3.8, 4) is 5.69 Å². The molecule has 128 valence electrons. The number of nitrogens with zero attached hydrogens (tertiary/aromatic N) is 4. The van der Waals surface area contributed by atoms with E-state index in [1.54, 1.807) is 31.2 Å². The molecule has 25 heavy (non-hydrogen) atoms. The van der Waals surface area contributed by atoms with Gasteiger partial charge in [0.15, 0.2) is 11.4 Å². The lowest BCUT2D eigenvalue weighted by Gasteiger charge is -2.11. The largest absolute Gasteiger partial charge is 0.435 e. The van der Waals surface area contributed by atoms with Crippen LogP contribution >= 0.6 is 0 Å². The zero-order valence-electron chi connectivity index (χ0n) is 12.9. The third-order valence-corrected chi connectivity index (χ3v) is 3.31. The fraction of sp³-hybridized carbons (Fsp3) is 0.125. The van der Waals surface area contributed by atoms with Crippen LogP contribution in [0.4, 0.5) is 19.0 Å². The Bertz CT molecular complexity index is 888. The van der Waals surface area contributed by atoms with Gasteiger partial charge in [0.05, 0.1) is 5.69 Å². The number of carbonyl (C=O) groups is 1. The lowest BCUT2D eigenvalue weighted by molar-refractivity contribution is -0.143. The number of anilines is 1. The van der Waals surface area contributed by atoms with E-state index in [2.05, 4.69) is 20.6 Å². The third kappa shape index (κ3) is 3.49. The Hall–Kier alpha value is -3.23. The summed E-state index contributed by atoms with van der Waals surface area (Å²) in [5.74, 6) is -0.913. The van der Waals surface area contributed by atoms with Gasteiger partial charge in [-0.25, -0.2) is 9.67 Å². The molecule has 1 N–H and O–H groups in total. The number of pyridine rings is 1. The smallest absolute Gasteiger partial charge is 0.305 e. The van der Waals surface area contributed by atoms with E-state index in [0.29, 0.717) is 4.68 Å². The molecule has 0 spiro atoms. The number of benzene rings is 1. The van der Waals surface area contributed by atoms with E-state index >= 15 is 0 Å². The number of hydrogen-bond acceptors (Lipinski definition) is 4. The molecule has 2 heterocycles. The van der Waals surface area contributed by atoms with Crippen molar-refractivity contribution in [2.75, 3.05) is 5.32 Å². The monoisotopic (exact) mass is 347 g/mol. The van der Waals surface area contributed by atoms with Crippen LogP contribution in [-0.4, -0.2) is 25.9 Å². The molecule has 2 aromatic heterocycles. The summed E-state index contributed by atoms with van der Waals surface area (Å²) >= 11 is 0. The van der Waals surface area contributed by atoms with Crippen molar-refractivity contribution in [3.05, 3.63) is 65.6 Å². The van der Waals surface area contributed by atoms with Gasteiger partial charge in [0.25, 0.3) is 5.91 Å². The summed E-state index contributed by atoms with van der Waals surface area (Å²) in [4.78, 5) is 16.2. The van der Waals surface area contributed by atoms with Crippen molar-refractivity contribution < 1.29 is 18.0 Å². The molecule has 1 amide bonds. The Morgan fingerprint density at radius 2 is 1.84 bits per heavy atom. The van der Waals surface area contributed by atoms with Crippen LogP contribution in [0.1, 0.15) is 21.7 Å². The van der Waals surface area contributed by atoms with Gasteiger partial charge in [-0.2, -0.15) is 13.2 Å². The number of carbonyl (C=O) groups excluding carboxylic acids is 1. The quantitative estimate of drug-likeness (QED) is 0.789. The van der Waals surface area contributed by atoms with E-state index in [1.165, 1.54) is 24.4 Å². The van der Waals surface area contributed by atoms with Crippen LogP contribution < -0.4 is 5.32 Å². The third-order valence-electron chi connectivity index (χ3n) is 3.31. The normalized spacial score (nSPS) is 11.4. The van der Waals surface area contributed by atoms with Gasteiger partial charge < -0.3 is 5.32 Å². The Kier molecular flexibility index (Phi) is 4.22. The maximum Gasteiger partial charge on any atom is 0.435 e.